The van der Waals surface area contributed by atoms with Gasteiger partial charge >= 0.3 is 5.69 Å². The van der Waals surface area contributed by atoms with Crippen molar-refractivity contribution in [1.29, 1.82) is 0 Å². The van der Waals surface area contributed by atoms with E-state index in [9.17, 15) is 9.59 Å². The molecule has 2 heterocycles. The van der Waals surface area contributed by atoms with E-state index in [1.54, 1.807) is 4.57 Å². The van der Waals surface area contributed by atoms with Crippen molar-refractivity contribution < 1.29 is 4.79 Å². The van der Waals surface area contributed by atoms with Crippen LogP contribution in [0.2, 0.25) is 10.0 Å². The molecule has 1 aromatic heterocycles. The highest BCUT2D eigenvalue weighted by Crippen LogP contribution is 2.31. The number of nitrogens with one attached hydrogen (secondary N) is 1. The van der Waals surface area contributed by atoms with Crippen molar-refractivity contribution in [2.75, 3.05) is 11.1 Å². The third-order valence-electron chi connectivity index (χ3n) is 3.94. The molecule has 128 valence electrons. The molecule has 2 aromatic rings. The Kier molecular flexibility index (Phi) is 4.82. The lowest BCUT2D eigenvalue weighted by atomic mass is 10.2. The molecule has 0 unspecified atom stereocenters. The fourth-order valence-corrected chi connectivity index (χ4v) is 3.21. The van der Waals surface area contributed by atoms with Gasteiger partial charge < -0.3 is 11.1 Å². The number of carbonyl (C=O) groups is 1. The van der Waals surface area contributed by atoms with E-state index in [1.165, 1.54) is 16.8 Å². The van der Waals surface area contributed by atoms with Gasteiger partial charge in [0.25, 0.3) is 0 Å². The maximum Gasteiger partial charge on any atom is 0.346 e. The second-order valence-corrected chi connectivity index (χ2v) is 6.53. The molecule has 0 saturated heterocycles. The molecule has 1 aliphatic heterocycles. The SMILES string of the molecule is Nc1c(Cl)cc(NC(=O)Cn2nc3n(c2=O)CCCCC3)cc1Cl. The average molecular weight is 370 g/mol. The summed E-state index contributed by atoms with van der Waals surface area (Å²) in [7, 11) is 0. The first-order chi connectivity index (χ1) is 11.5. The van der Waals surface area contributed by atoms with Gasteiger partial charge in [0.15, 0.2) is 0 Å². The molecule has 1 aliphatic rings. The van der Waals surface area contributed by atoms with Crippen molar-refractivity contribution in [3.8, 4) is 0 Å². The number of nitrogens with two attached hydrogens (primary N) is 1. The second-order valence-electron chi connectivity index (χ2n) is 5.72. The molecule has 24 heavy (non-hydrogen) atoms. The van der Waals surface area contributed by atoms with Gasteiger partial charge in [-0.15, -0.1) is 0 Å². The van der Waals surface area contributed by atoms with Gasteiger partial charge in [0.2, 0.25) is 5.91 Å². The van der Waals surface area contributed by atoms with Crippen molar-refractivity contribution in [2.24, 2.45) is 0 Å². The van der Waals surface area contributed by atoms with E-state index in [0.29, 0.717) is 12.2 Å². The molecule has 3 rings (SSSR count). The summed E-state index contributed by atoms with van der Waals surface area (Å²) in [5, 5.41) is 7.43. The summed E-state index contributed by atoms with van der Waals surface area (Å²) in [4.78, 5) is 24.5. The molecule has 0 bridgehead atoms. The summed E-state index contributed by atoms with van der Waals surface area (Å²) in [6.07, 6.45) is 3.80. The van der Waals surface area contributed by atoms with Crippen LogP contribution < -0.4 is 16.7 Å². The van der Waals surface area contributed by atoms with E-state index >= 15 is 0 Å². The number of anilines is 2. The first-order valence-corrected chi connectivity index (χ1v) is 8.42. The summed E-state index contributed by atoms with van der Waals surface area (Å²) >= 11 is 11.9. The maximum atomic E-state index is 12.3. The number of nitrogens with zero attached hydrogens (tertiary/aromatic N) is 3. The van der Waals surface area contributed by atoms with Crippen molar-refractivity contribution >= 4 is 40.5 Å². The Morgan fingerprint density at radius 3 is 2.67 bits per heavy atom. The zero-order valence-corrected chi connectivity index (χ0v) is 14.4. The van der Waals surface area contributed by atoms with Crippen molar-refractivity contribution in [2.45, 2.75) is 38.8 Å². The maximum absolute atomic E-state index is 12.3. The third kappa shape index (κ3) is 3.42. The number of halogens is 2. The predicted octanol–water partition coefficient (Wildman–Crippen LogP) is 2.30. The summed E-state index contributed by atoms with van der Waals surface area (Å²) in [6.45, 7) is 0.484. The van der Waals surface area contributed by atoms with Crippen LogP contribution in [0.25, 0.3) is 0 Å². The number of fused-ring (bicyclic) bond motifs is 1. The van der Waals surface area contributed by atoms with Gasteiger partial charge in [0.1, 0.15) is 12.4 Å². The highest BCUT2D eigenvalue weighted by molar-refractivity contribution is 6.39. The summed E-state index contributed by atoms with van der Waals surface area (Å²) < 4.78 is 2.84. The van der Waals surface area contributed by atoms with Gasteiger partial charge in [0.05, 0.1) is 15.7 Å². The minimum Gasteiger partial charge on any atom is -0.396 e. The molecule has 0 fully saturated rings. The number of nitrogen functional groups attached to an aromatic ring is 1. The number of rotatable bonds is 3. The Morgan fingerprint density at radius 2 is 1.96 bits per heavy atom. The number of hydrogen-bond donors (Lipinski definition) is 2. The Morgan fingerprint density at radius 1 is 1.25 bits per heavy atom. The summed E-state index contributed by atoms with van der Waals surface area (Å²) in [6, 6.07) is 3.01. The van der Waals surface area contributed by atoms with Crippen molar-refractivity contribution in [3.63, 3.8) is 0 Å². The van der Waals surface area contributed by atoms with Crippen LogP contribution in [-0.4, -0.2) is 20.3 Å². The molecular weight excluding hydrogens is 353 g/mol. The van der Waals surface area contributed by atoms with Gasteiger partial charge in [-0.25, -0.2) is 9.48 Å². The van der Waals surface area contributed by atoms with Crippen LogP contribution in [0.4, 0.5) is 11.4 Å². The minimum atomic E-state index is -0.387. The highest BCUT2D eigenvalue weighted by atomic mass is 35.5. The topological polar surface area (TPSA) is 94.9 Å². The fourth-order valence-electron chi connectivity index (χ4n) is 2.72. The van der Waals surface area contributed by atoms with E-state index in [1.807, 2.05) is 0 Å². The molecule has 1 amide bonds. The monoisotopic (exact) mass is 369 g/mol. The van der Waals surface area contributed by atoms with Gasteiger partial charge in [-0.2, -0.15) is 5.10 Å². The summed E-state index contributed by atoms with van der Waals surface area (Å²) in [5.41, 5.74) is 6.07. The predicted molar refractivity (Wildman–Crippen MR) is 93.5 cm³/mol. The molecule has 0 radical (unpaired) electrons. The molecule has 0 atom stereocenters. The molecule has 3 N–H and O–H groups in total. The Balaban J connectivity index is 1.75. The zero-order chi connectivity index (χ0) is 17.3. The standard InChI is InChI=1S/C15H17Cl2N5O2/c16-10-6-9(7-11(17)14(10)18)19-13(23)8-22-15(24)21-5-3-1-2-4-12(21)20-22/h6-7H,1-5,8,18H2,(H,19,23). The van der Waals surface area contributed by atoms with Crippen LogP contribution in [0.3, 0.4) is 0 Å². The Hall–Kier alpha value is -1.99. The molecule has 0 aliphatic carbocycles. The third-order valence-corrected chi connectivity index (χ3v) is 4.56. The van der Waals surface area contributed by atoms with Crippen molar-refractivity contribution in [1.82, 2.24) is 14.3 Å². The molecule has 1 aromatic carbocycles. The number of aromatic nitrogens is 3. The smallest absolute Gasteiger partial charge is 0.346 e. The normalized spacial score (nSPS) is 14.1. The largest absolute Gasteiger partial charge is 0.396 e. The number of hydrogen-bond acceptors (Lipinski definition) is 4. The van der Waals surface area contributed by atoms with Crippen LogP contribution in [0.5, 0.6) is 0 Å². The Bertz CT molecular complexity index is 820. The average Bonchev–Trinajstić information content (AvgIpc) is 2.71. The fraction of sp³-hybridized carbons (Fsp3) is 0.400. The Labute approximate surface area is 148 Å². The van der Waals surface area contributed by atoms with E-state index in [-0.39, 0.29) is 33.9 Å². The number of aryl methyl sites for hydroxylation is 1. The molecule has 9 heteroatoms. The number of carbonyl (C=O) groups excluding carboxylic acids is 1. The van der Waals surface area contributed by atoms with E-state index in [2.05, 4.69) is 10.4 Å². The van der Waals surface area contributed by atoms with E-state index in [4.69, 9.17) is 28.9 Å². The number of benzene rings is 1. The highest BCUT2D eigenvalue weighted by Gasteiger charge is 2.17. The lowest BCUT2D eigenvalue weighted by Gasteiger charge is -2.08. The van der Waals surface area contributed by atoms with Gasteiger partial charge in [-0.3, -0.25) is 9.36 Å². The van der Waals surface area contributed by atoms with Gasteiger partial charge in [0, 0.05) is 18.7 Å². The first kappa shape index (κ1) is 16.9. The minimum absolute atomic E-state index is 0.168. The van der Waals surface area contributed by atoms with Gasteiger partial charge in [-0.05, 0) is 25.0 Å². The lowest BCUT2D eigenvalue weighted by Crippen LogP contribution is -2.30. The van der Waals surface area contributed by atoms with E-state index < -0.39 is 0 Å². The van der Waals surface area contributed by atoms with Crippen LogP contribution in [0.15, 0.2) is 16.9 Å². The van der Waals surface area contributed by atoms with Crippen molar-refractivity contribution in [3.05, 3.63) is 38.5 Å². The lowest BCUT2D eigenvalue weighted by molar-refractivity contribution is -0.117. The molecule has 0 spiro atoms. The van der Waals surface area contributed by atoms with Crippen LogP contribution in [0.1, 0.15) is 25.1 Å². The van der Waals surface area contributed by atoms with Gasteiger partial charge in [-0.1, -0.05) is 29.6 Å². The van der Waals surface area contributed by atoms with E-state index in [0.717, 1.165) is 31.5 Å². The van der Waals surface area contributed by atoms with Crippen LogP contribution in [-0.2, 0) is 24.3 Å². The quantitative estimate of drug-likeness (QED) is 0.811. The molecule has 7 nitrogen and oxygen atoms in total. The molecular formula is C15H17Cl2N5O2. The summed E-state index contributed by atoms with van der Waals surface area (Å²) in [5.74, 6) is 0.353. The first-order valence-electron chi connectivity index (χ1n) is 7.66. The van der Waals surface area contributed by atoms with Crippen LogP contribution >= 0.6 is 23.2 Å². The van der Waals surface area contributed by atoms with Crippen LogP contribution in [0, 0.1) is 0 Å². The number of amides is 1. The second kappa shape index (κ2) is 6.86. The molecule has 0 saturated carbocycles. The zero-order valence-electron chi connectivity index (χ0n) is 12.9.